The van der Waals surface area contributed by atoms with Crippen molar-refractivity contribution < 1.29 is 0 Å². The Labute approximate surface area is 132 Å². The first-order valence-corrected chi connectivity index (χ1v) is 8.66. The molecule has 0 aromatic heterocycles. The second-order valence-electron chi connectivity index (χ2n) is 5.83. The summed E-state index contributed by atoms with van der Waals surface area (Å²) in [5, 5.41) is 0. The summed E-state index contributed by atoms with van der Waals surface area (Å²) in [5.74, 6) is 1.85. The first kappa shape index (κ1) is 14.1. The van der Waals surface area contributed by atoms with E-state index < -0.39 is 0 Å². The average Bonchev–Trinajstić information content (AvgIpc) is 2.95. The van der Waals surface area contributed by atoms with Crippen LogP contribution in [-0.2, 0) is 0 Å². The van der Waals surface area contributed by atoms with E-state index in [-0.39, 0.29) is 0 Å². The van der Waals surface area contributed by atoms with E-state index in [2.05, 4.69) is 55.0 Å². The summed E-state index contributed by atoms with van der Waals surface area (Å²) in [4.78, 5) is 2.60. The van der Waals surface area contributed by atoms with Crippen molar-refractivity contribution in [2.45, 2.75) is 25.3 Å². The van der Waals surface area contributed by atoms with Crippen LogP contribution < -0.4 is 5.73 Å². The Kier molecular flexibility index (Phi) is 4.32. The molecule has 1 aliphatic carbocycles. The fourth-order valence-electron chi connectivity index (χ4n) is 3.74. The Morgan fingerprint density at radius 2 is 1.84 bits per heavy atom. The molecule has 3 atom stereocenters. The highest BCUT2D eigenvalue weighted by atomic mass is 79.9. The number of nitrogens with two attached hydrogens (primary N) is 1. The van der Waals surface area contributed by atoms with Gasteiger partial charge in [-0.1, -0.05) is 12.5 Å². The lowest BCUT2D eigenvalue weighted by Gasteiger charge is -2.28. The summed E-state index contributed by atoms with van der Waals surface area (Å²) in [5.41, 5.74) is 7.39. The van der Waals surface area contributed by atoms with Crippen molar-refractivity contribution in [1.29, 1.82) is 0 Å². The van der Waals surface area contributed by atoms with Crippen LogP contribution in [0.3, 0.4) is 0 Å². The van der Waals surface area contributed by atoms with Crippen LogP contribution in [-0.4, -0.2) is 24.5 Å². The van der Waals surface area contributed by atoms with E-state index in [0.29, 0.717) is 12.6 Å². The lowest BCUT2D eigenvalue weighted by molar-refractivity contribution is 0.232. The SMILES string of the molecule is NCC(c1ccc(Br)c(Br)c1)N1CC2CCCC2C1. The molecule has 1 saturated carbocycles. The van der Waals surface area contributed by atoms with E-state index in [4.69, 9.17) is 5.73 Å². The highest BCUT2D eigenvalue weighted by Gasteiger charge is 2.38. The topological polar surface area (TPSA) is 29.3 Å². The van der Waals surface area contributed by atoms with E-state index in [1.807, 2.05) is 0 Å². The molecule has 0 amide bonds. The van der Waals surface area contributed by atoms with Gasteiger partial charge in [0, 0.05) is 34.6 Å². The molecule has 3 rings (SSSR count). The maximum atomic E-state index is 6.05. The molecular weight excluding hydrogens is 368 g/mol. The van der Waals surface area contributed by atoms with Crippen LogP contribution >= 0.6 is 31.9 Å². The molecule has 1 aromatic rings. The first-order chi connectivity index (χ1) is 9.19. The summed E-state index contributed by atoms with van der Waals surface area (Å²) in [7, 11) is 0. The molecule has 104 valence electrons. The number of halogens is 2. The molecule has 1 aromatic carbocycles. The smallest absolute Gasteiger partial charge is 0.0471 e. The molecule has 2 fully saturated rings. The summed E-state index contributed by atoms with van der Waals surface area (Å²) in [6.07, 6.45) is 4.27. The van der Waals surface area contributed by atoms with Crippen molar-refractivity contribution in [3.05, 3.63) is 32.7 Å². The van der Waals surface area contributed by atoms with Crippen LogP contribution in [0, 0.1) is 11.8 Å². The minimum absolute atomic E-state index is 0.370. The standard InChI is InChI=1S/C15H20Br2N2/c16-13-5-4-10(6-14(13)17)15(7-18)19-8-11-2-1-3-12(11)9-19/h4-6,11-12,15H,1-3,7-9,18H2. The van der Waals surface area contributed by atoms with Crippen LogP contribution in [0.15, 0.2) is 27.1 Å². The minimum Gasteiger partial charge on any atom is -0.329 e. The summed E-state index contributed by atoms with van der Waals surface area (Å²) < 4.78 is 2.22. The predicted octanol–water partition coefficient (Wildman–Crippen LogP) is 3.94. The van der Waals surface area contributed by atoms with Gasteiger partial charge in [0.2, 0.25) is 0 Å². The van der Waals surface area contributed by atoms with Crippen LogP contribution in [0.4, 0.5) is 0 Å². The van der Waals surface area contributed by atoms with Gasteiger partial charge in [0.05, 0.1) is 0 Å². The molecule has 0 spiro atoms. The van der Waals surface area contributed by atoms with Gasteiger partial charge in [-0.25, -0.2) is 0 Å². The van der Waals surface area contributed by atoms with E-state index in [1.54, 1.807) is 0 Å². The molecule has 2 nitrogen and oxygen atoms in total. The molecule has 1 saturated heterocycles. The number of benzene rings is 1. The monoisotopic (exact) mass is 386 g/mol. The average molecular weight is 388 g/mol. The molecule has 0 bridgehead atoms. The molecule has 3 unspecified atom stereocenters. The van der Waals surface area contributed by atoms with Crippen LogP contribution in [0.25, 0.3) is 0 Å². The normalized spacial score (nSPS) is 28.6. The largest absolute Gasteiger partial charge is 0.329 e. The van der Waals surface area contributed by atoms with Crippen molar-refractivity contribution >= 4 is 31.9 Å². The third kappa shape index (κ3) is 2.78. The minimum atomic E-state index is 0.370. The second kappa shape index (κ2) is 5.84. The van der Waals surface area contributed by atoms with Crippen LogP contribution in [0.1, 0.15) is 30.9 Å². The van der Waals surface area contributed by atoms with Crippen LogP contribution in [0.2, 0.25) is 0 Å². The Morgan fingerprint density at radius 1 is 1.16 bits per heavy atom. The van der Waals surface area contributed by atoms with Crippen LogP contribution in [0.5, 0.6) is 0 Å². The lowest BCUT2D eigenvalue weighted by Crippen LogP contribution is -2.32. The molecule has 4 heteroatoms. The Morgan fingerprint density at radius 3 is 2.42 bits per heavy atom. The van der Waals surface area contributed by atoms with Crippen molar-refractivity contribution in [2.24, 2.45) is 17.6 Å². The van der Waals surface area contributed by atoms with Gasteiger partial charge in [-0.3, -0.25) is 4.90 Å². The van der Waals surface area contributed by atoms with Gasteiger partial charge in [-0.15, -0.1) is 0 Å². The highest BCUT2D eigenvalue weighted by Crippen LogP contribution is 2.41. The highest BCUT2D eigenvalue weighted by molar-refractivity contribution is 9.13. The molecule has 2 aliphatic rings. The second-order valence-corrected chi connectivity index (χ2v) is 7.54. The zero-order chi connectivity index (χ0) is 13.4. The predicted molar refractivity (Wildman–Crippen MR) is 86.0 cm³/mol. The van der Waals surface area contributed by atoms with Gasteiger partial charge < -0.3 is 5.73 Å². The number of hydrogen-bond donors (Lipinski definition) is 1. The summed E-state index contributed by atoms with van der Waals surface area (Å²) in [6.45, 7) is 3.17. The van der Waals surface area contributed by atoms with Crippen molar-refractivity contribution in [3.63, 3.8) is 0 Å². The molecule has 1 heterocycles. The van der Waals surface area contributed by atoms with E-state index in [0.717, 1.165) is 20.8 Å². The van der Waals surface area contributed by atoms with E-state index in [1.165, 1.54) is 37.9 Å². The van der Waals surface area contributed by atoms with Gasteiger partial charge in [0.25, 0.3) is 0 Å². The fraction of sp³-hybridized carbons (Fsp3) is 0.600. The van der Waals surface area contributed by atoms with Gasteiger partial charge in [-0.05, 0) is 74.2 Å². The molecule has 1 aliphatic heterocycles. The van der Waals surface area contributed by atoms with Crippen molar-refractivity contribution in [3.8, 4) is 0 Å². The Hall–Kier alpha value is 0.1000. The van der Waals surface area contributed by atoms with Crippen molar-refractivity contribution in [2.75, 3.05) is 19.6 Å². The van der Waals surface area contributed by atoms with E-state index in [9.17, 15) is 0 Å². The Bertz CT molecular complexity index is 451. The number of fused-ring (bicyclic) bond motifs is 1. The third-order valence-corrected chi connectivity index (χ3v) is 6.63. The first-order valence-electron chi connectivity index (χ1n) is 7.08. The number of likely N-dealkylation sites (tertiary alicyclic amines) is 1. The number of hydrogen-bond acceptors (Lipinski definition) is 2. The number of nitrogens with zero attached hydrogens (tertiary/aromatic N) is 1. The van der Waals surface area contributed by atoms with Crippen molar-refractivity contribution in [1.82, 2.24) is 4.90 Å². The van der Waals surface area contributed by atoms with Gasteiger partial charge in [0.15, 0.2) is 0 Å². The number of rotatable bonds is 3. The third-order valence-electron chi connectivity index (χ3n) is 4.75. The maximum absolute atomic E-state index is 6.05. The van der Waals surface area contributed by atoms with Gasteiger partial charge >= 0.3 is 0 Å². The van der Waals surface area contributed by atoms with E-state index >= 15 is 0 Å². The summed E-state index contributed by atoms with van der Waals surface area (Å²) in [6, 6.07) is 6.88. The molecular formula is C15H20Br2N2. The van der Waals surface area contributed by atoms with Gasteiger partial charge in [0.1, 0.15) is 0 Å². The quantitative estimate of drug-likeness (QED) is 0.850. The summed E-state index contributed by atoms with van der Waals surface area (Å²) >= 11 is 7.13. The zero-order valence-electron chi connectivity index (χ0n) is 11.0. The zero-order valence-corrected chi connectivity index (χ0v) is 14.2. The lowest BCUT2D eigenvalue weighted by atomic mass is 10.0. The fourth-order valence-corrected chi connectivity index (χ4v) is 4.38. The maximum Gasteiger partial charge on any atom is 0.0471 e. The molecule has 2 N–H and O–H groups in total. The Balaban J connectivity index is 1.79. The molecule has 19 heavy (non-hydrogen) atoms. The molecule has 0 radical (unpaired) electrons. The van der Waals surface area contributed by atoms with Gasteiger partial charge in [-0.2, -0.15) is 0 Å².